The Morgan fingerprint density at radius 3 is 2.70 bits per heavy atom. The molecule has 3 heteroatoms. The maximum atomic E-state index is 8.86. The number of rotatable bonds is 5. The third-order valence-corrected chi connectivity index (χ3v) is 1.24. The lowest BCUT2D eigenvalue weighted by atomic mass is 10.3. The molecule has 10 heavy (non-hydrogen) atoms. The van der Waals surface area contributed by atoms with Crippen molar-refractivity contribution in [2.45, 2.75) is 19.1 Å². The van der Waals surface area contributed by atoms with Gasteiger partial charge in [0.1, 0.15) is 0 Å². The lowest BCUT2D eigenvalue weighted by Crippen LogP contribution is -2.34. The molecule has 0 fully saturated rings. The van der Waals surface area contributed by atoms with Gasteiger partial charge in [0.15, 0.2) is 0 Å². The normalized spacial score (nSPS) is 16.3. The van der Waals surface area contributed by atoms with Crippen LogP contribution in [0.25, 0.3) is 0 Å². The van der Waals surface area contributed by atoms with Crippen molar-refractivity contribution in [1.29, 1.82) is 0 Å². The number of nitrogens with one attached hydrogen (secondary N) is 1. The van der Waals surface area contributed by atoms with Crippen LogP contribution in [0.2, 0.25) is 0 Å². The minimum Gasteiger partial charge on any atom is -0.394 e. The number of aliphatic hydroxyl groups excluding tert-OH is 2. The fourth-order valence-electron chi connectivity index (χ4n) is 0.470. The molecular formula is C7H15NO2. The summed E-state index contributed by atoms with van der Waals surface area (Å²) in [7, 11) is 0. The van der Waals surface area contributed by atoms with Crippen molar-refractivity contribution in [2.24, 2.45) is 0 Å². The molecule has 3 N–H and O–H groups in total. The molecule has 1 unspecified atom stereocenters. The molecule has 60 valence electrons. The maximum Gasteiger partial charge on any atom is 0.0895 e. The minimum atomic E-state index is -0.664. The molecule has 0 saturated heterocycles. The quantitative estimate of drug-likeness (QED) is 0.457. The third kappa shape index (κ3) is 4.49. The highest BCUT2D eigenvalue weighted by atomic mass is 16.3. The van der Waals surface area contributed by atoms with Gasteiger partial charge in [0.2, 0.25) is 0 Å². The Morgan fingerprint density at radius 1 is 1.70 bits per heavy atom. The first-order chi connectivity index (χ1) is 4.70. The van der Waals surface area contributed by atoms with E-state index in [9.17, 15) is 0 Å². The highest BCUT2D eigenvalue weighted by Gasteiger charge is 2.01. The first-order valence-electron chi connectivity index (χ1n) is 3.35. The molecular weight excluding hydrogens is 130 g/mol. The van der Waals surface area contributed by atoms with Crippen LogP contribution in [0.15, 0.2) is 12.7 Å². The molecule has 0 amide bonds. The van der Waals surface area contributed by atoms with Gasteiger partial charge < -0.3 is 15.5 Å². The van der Waals surface area contributed by atoms with E-state index in [1.807, 2.05) is 6.92 Å². The van der Waals surface area contributed by atoms with Crippen molar-refractivity contribution in [3.05, 3.63) is 12.7 Å². The van der Waals surface area contributed by atoms with E-state index in [-0.39, 0.29) is 12.6 Å². The molecule has 2 atom stereocenters. The average Bonchev–Trinajstić information content (AvgIpc) is 1.99. The Labute approximate surface area is 61.4 Å². The zero-order valence-corrected chi connectivity index (χ0v) is 6.25. The topological polar surface area (TPSA) is 52.5 Å². The van der Waals surface area contributed by atoms with E-state index >= 15 is 0 Å². The van der Waals surface area contributed by atoms with Gasteiger partial charge in [-0.15, -0.1) is 6.58 Å². The van der Waals surface area contributed by atoms with E-state index < -0.39 is 6.10 Å². The Kier molecular flexibility index (Phi) is 5.20. The van der Waals surface area contributed by atoms with Gasteiger partial charge in [0.25, 0.3) is 0 Å². The SMILES string of the molecule is C=CC(C)NC[C@H](O)CO. The first-order valence-corrected chi connectivity index (χ1v) is 3.35. The van der Waals surface area contributed by atoms with Gasteiger partial charge in [-0.1, -0.05) is 6.08 Å². The monoisotopic (exact) mass is 145 g/mol. The molecule has 0 rings (SSSR count). The lowest BCUT2D eigenvalue weighted by Gasteiger charge is -2.11. The summed E-state index contributed by atoms with van der Waals surface area (Å²) in [6.07, 6.45) is 1.08. The predicted octanol–water partition coefficient (Wildman–Crippen LogP) is -0.496. The van der Waals surface area contributed by atoms with E-state index in [0.717, 1.165) is 0 Å². The molecule has 0 aromatic rings. The van der Waals surface area contributed by atoms with E-state index in [1.54, 1.807) is 6.08 Å². The Bertz CT molecular complexity index is 95.6. The smallest absolute Gasteiger partial charge is 0.0895 e. The second-order valence-corrected chi connectivity index (χ2v) is 2.27. The van der Waals surface area contributed by atoms with Gasteiger partial charge >= 0.3 is 0 Å². The summed E-state index contributed by atoms with van der Waals surface area (Å²) in [5, 5.41) is 20.2. The van der Waals surface area contributed by atoms with Crippen LogP contribution in [-0.4, -0.2) is 35.5 Å². The lowest BCUT2D eigenvalue weighted by molar-refractivity contribution is 0.0935. The molecule has 0 bridgehead atoms. The zero-order chi connectivity index (χ0) is 7.98. The Hall–Kier alpha value is -0.380. The summed E-state index contributed by atoms with van der Waals surface area (Å²) in [6.45, 7) is 5.69. The summed E-state index contributed by atoms with van der Waals surface area (Å²) in [4.78, 5) is 0. The maximum absolute atomic E-state index is 8.86. The standard InChI is InChI=1S/C7H15NO2/c1-3-6(2)8-4-7(10)5-9/h3,6-10H,1,4-5H2,2H3/t6?,7-/m0/s1. The number of hydrogen-bond acceptors (Lipinski definition) is 3. The highest BCUT2D eigenvalue weighted by molar-refractivity contribution is 4.81. The summed E-state index contributed by atoms with van der Waals surface area (Å²) >= 11 is 0. The first kappa shape index (κ1) is 9.62. The fraction of sp³-hybridized carbons (Fsp3) is 0.714. The number of hydrogen-bond donors (Lipinski definition) is 3. The molecule has 0 aliphatic carbocycles. The summed E-state index contributed by atoms with van der Waals surface area (Å²) < 4.78 is 0. The Balaban J connectivity index is 3.25. The van der Waals surface area contributed by atoms with Crippen molar-refractivity contribution in [3.63, 3.8) is 0 Å². The predicted molar refractivity (Wildman–Crippen MR) is 40.8 cm³/mol. The van der Waals surface area contributed by atoms with Crippen molar-refractivity contribution in [1.82, 2.24) is 5.32 Å². The highest BCUT2D eigenvalue weighted by Crippen LogP contribution is 1.83. The van der Waals surface area contributed by atoms with Gasteiger partial charge in [-0.3, -0.25) is 0 Å². The zero-order valence-electron chi connectivity index (χ0n) is 6.25. The van der Waals surface area contributed by atoms with E-state index in [2.05, 4.69) is 11.9 Å². The molecule has 0 spiro atoms. The number of aliphatic hydroxyl groups is 2. The molecule has 0 aromatic carbocycles. The van der Waals surface area contributed by atoms with Crippen molar-refractivity contribution < 1.29 is 10.2 Å². The largest absolute Gasteiger partial charge is 0.394 e. The van der Waals surface area contributed by atoms with E-state index in [4.69, 9.17) is 10.2 Å². The molecule has 0 aliphatic heterocycles. The van der Waals surface area contributed by atoms with Gasteiger partial charge in [-0.25, -0.2) is 0 Å². The van der Waals surface area contributed by atoms with Crippen LogP contribution in [0.3, 0.4) is 0 Å². The van der Waals surface area contributed by atoms with Gasteiger partial charge in [-0.2, -0.15) is 0 Å². The van der Waals surface area contributed by atoms with Crippen LogP contribution >= 0.6 is 0 Å². The fourth-order valence-corrected chi connectivity index (χ4v) is 0.470. The van der Waals surface area contributed by atoms with Gasteiger partial charge in [0, 0.05) is 12.6 Å². The van der Waals surface area contributed by atoms with Gasteiger partial charge in [-0.05, 0) is 6.92 Å². The Morgan fingerprint density at radius 2 is 2.30 bits per heavy atom. The molecule has 0 aromatic heterocycles. The van der Waals surface area contributed by atoms with Crippen LogP contribution in [0, 0.1) is 0 Å². The molecule has 3 nitrogen and oxygen atoms in total. The summed E-state index contributed by atoms with van der Waals surface area (Å²) in [5.41, 5.74) is 0. The summed E-state index contributed by atoms with van der Waals surface area (Å²) in [5.74, 6) is 0. The second-order valence-electron chi connectivity index (χ2n) is 2.27. The van der Waals surface area contributed by atoms with Gasteiger partial charge in [0.05, 0.1) is 12.7 Å². The molecule has 0 radical (unpaired) electrons. The minimum absolute atomic E-state index is 0.182. The average molecular weight is 145 g/mol. The van der Waals surface area contributed by atoms with Crippen LogP contribution in [0.5, 0.6) is 0 Å². The van der Waals surface area contributed by atoms with Crippen molar-refractivity contribution >= 4 is 0 Å². The second kappa shape index (κ2) is 5.41. The van der Waals surface area contributed by atoms with E-state index in [0.29, 0.717) is 6.54 Å². The molecule has 0 saturated carbocycles. The van der Waals surface area contributed by atoms with E-state index in [1.165, 1.54) is 0 Å². The van der Waals surface area contributed by atoms with Crippen molar-refractivity contribution in [2.75, 3.05) is 13.2 Å². The van der Waals surface area contributed by atoms with Crippen LogP contribution in [0.1, 0.15) is 6.92 Å². The van der Waals surface area contributed by atoms with Crippen LogP contribution < -0.4 is 5.32 Å². The van der Waals surface area contributed by atoms with Crippen LogP contribution in [-0.2, 0) is 0 Å². The molecule has 0 aliphatic rings. The third-order valence-electron chi connectivity index (χ3n) is 1.24. The summed E-state index contributed by atoms with van der Waals surface area (Å²) in [6, 6.07) is 0.182. The van der Waals surface area contributed by atoms with Crippen molar-refractivity contribution in [3.8, 4) is 0 Å². The van der Waals surface area contributed by atoms with Crippen LogP contribution in [0.4, 0.5) is 0 Å². The molecule has 0 heterocycles.